The zero-order valence-corrected chi connectivity index (χ0v) is 10.3. The highest BCUT2D eigenvalue weighted by molar-refractivity contribution is 5.85. The minimum Gasteiger partial charge on any atom is -0.469 e. The fourth-order valence-electron chi connectivity index (χ4n) is 1.45. The molecule has 0 saturated heterocycles. The number of alkyl halides is 3. The molecule has 1 unspecified atom stereocenters. The van der Waals surface area contributed by atoms with Gasteiger partial charge in [-0.2, -0.15) is 13.2 Å². The molecule has 0 radical (unpaired) electrons. The van der Waals surface area contributed by atoms with Crippen molar-refractivity contribution in [3.8, 4) is 0 Å². The summed E-state index contributed by atoms with van der Waals surface area (Å²) < 4.78 is 42.3. The number of hydrogen-bond donors (Lipinski definition) is 1. The standard InChI is InChI=1S/C11H12F3NO2.ClH/c1-17-10(16)6-9(15)7-4-2-3-5-8(7)11(12,13)14;/h2-5,9H,6,15H2,1H3;1H. The van der Waals surface area contributed by atoms with Crippen LogP contribution in [0.5, 0.6) is 0 Å². The van der Waals surface area contributed by atoms with Crippen LogP contribution in [0, 0.1) is 0 Å². The highest BCUT2D eigenvalue weighted by Gasteiger charge is 2.34. The van der Waals surface area contributed by atoms with Crippen molar-refractivity contribution in [3.63, 3.8) is 0 Å². The number of methoxy groups -OCH3 is 1. The molecule has 0 amide bonds. The van der Waals surface area contributed by atoms with Crippen molar-refractivity contribution in [2.75, 3.05) is 7.11 Å². The van der Waals surface area contributed by atoms with Gasteiger partial charge >= 0.3 is 12.1 Å². The summed E-state index contributed by atoms with van der Waals surface area (Å²) in [4.78, 5) is 11.0. The highest BCUT2D eigenvalue weighted by Crippen LogP contribution is 2.34. The minimum absolute atomic E-state index is 0. The predicted octanol–water partition coefficient (Wildman–Crippen LogP) is 2.69. The first kappa shape index (κ1) is 16.7. The van der Waals surface area contributed by atoms with E-state index in [4.69, 9.17) is 5.73 Å². The Morgan fingerprint density at radius 2 is 1.94 bits per heavy atom. The fourth-order valence-corrected chi connectivity index (χ4v) is 1.45. The van der Waals surface area contributed by atoms with Gasteiger partial charge < -0.3 is 10.5 Å². The Balaban J connectivity index is 0.00000289. The number of rotatable bonds is 3. The van der Waals surface area contributed by atoms with Crippen LogP contribution < -0.4 is 5.73 Å². The molecule has 1 aromatic carbocycles. The summed E-state index contributed by atoms with van der Waals surface area (Å²) in [5, 5.41) is 0. The van der Waals surface area contributed by atoms with E-state index < -0.39 is 23.8 Å². The van der Waals surface area contributed by atoms with Crippen molar-refractivity contribution in [1.82, 2.24) is 0 Å². The molecule has 1 rings (SSSR count). The third-order valence-electron chi connectivity index (χ3n) is 2.28. The van der Waals surface area contributed by atoms with Gasteiger partial charge in [0.2, 0.25) is 0 Å². The fraction of sp³-hybridized carbons (Fsp3) is 0.364. The molecule has 0 aliphatic heterocycles. The van der Waals surface area contributed by atoms with E-state index >= 15 is 0 Å². The summed E-state index contributed by atoms with van der Waals surface area (Å²) in [5.74, 6) is -0.644. The molecule has 7 heteroatoms. The number of nitrogens with two attached hydrogens (primary N) is 1. The van der Waals surface area contributed by atoms with Crippen molar-refractivity contribution >= 4 is 18.4 Å². The number of carbonyl (C=O) groups excluding carboxylic acids is 1. The molecule has 0 aliphatic carbocycles. The molecule has 18 heavy (non-hydrogen) atoms. The summed E-state index contributed by atoms with van der Waals surface area (Å²) in [5.41, 5.74) is 4.64. The maximum atomic E-state index is 12.7. The lowest BCUT2D eigenvalue weighted by molar-refractivity contribution is -0.142. The Labute approximate surface area is 109 Å². The molecule has 3 nitrogen and oxygen atoms in total. The summed E-state index contributed by atoms with van der Waals surface area (Å²) in [7, 11) is 1.16. The van der Waals surface area contributed by atoms with Gasteiger partial charge in [-0.05, 0) is 11.6 Å². The van der Waals surface area contributed by atoms with Crippen LogP contribution in [-0.2, 0) is 15.7 Å². The number of esters is 1. The van der Waals surface area contributed by atoms with Crippen LogP contribution in [-0.4, -0.2) is 13.1 Å². The molecule has 102 valence electrons. The Kier molecular flexibility index (Phi) is 6.14. The summed E-state index contributed by atoms with van der Waals surface area (Å²) in [6, 6.07) is 3.89. The van der Waals surface area contributed by atoms with Crippen LogP contribution in [0.1, 0.15) is 23.6 Å². The molecule has 0 fully saturated rings. The lowest BCUT2D eigenvalue weighted by atomic mass is 9.98. The number of hydrogen-bond acceptors (Lipinski definition) is 3. The van der Waals surface area contributed by atoms with Gasteiger partial charge in [0.15, 0.2) is 0 Å². The van der Waals surface area contributed by atoms with Crippen LogP contribution in [0.15, 0.2) is 24.3 Å². The van der Waals surface area contributed by atoms with Crippen LogP contribution >= 0.6 is 12.4 Å². The van der Waals surface area contributed by atoms with Crippen molar-refractivity contribution in [2.24, 2.45) is 5.73 Å². The van der Waals surface area contributed by atoms with Crippen LogP contribution in [0.2, 0.25) is 0 Å². The predicted molar refractivity (Wildman–Crippen MR) is 62.3 cm³/mol. The van der Waals surface area contributed by atoms with Crippen molar-refractivity contribution in [1.29, 1.82) is 0 Å². The molecular formula is C11H13ClF3NO2. The van der Waals surface area contributed by atoms with Gasteiger partial charge in [0.05, 0.1) is 19.1 Å². The lowest BCUT2D eigenvalue weighted by Gasteiger charge is -2.17. The third kappa shape index (κ3) is 4.19. The first-order valence-electron chi connectivity index (χ1n) is 4.84. The second-order valence-electron chi connectivity index (χ2n) is 3.47. The summed E-state index contributed by atoms with van der Waals surface area (Å²) in [6.45, 7) is 0. The average molecular weight is 284 g/mol. The summed E-state index contributed by atoms with van der Waals surface area (Å²) >= 11 is 0. The number of ether oxygens (including phenoxy) is 1. The Morgan fingerprint density at radius 3 is 2.44 bits per heavy atom. The molecule has 1 aromatic rings. The van der Waals surface area contributed by atoms with E-state index in [0.717, 1.165) is 13.2 Å². The smallest absolute Gasteiger partial charge is 0.416 e. The zero-order valence-electron chi connectivity index (χ0n) is 9.53. The van der Waals surface area contributed by atoms with E-state index in [2.05, 4.69) is 4.74 Å². The van der Waals surface area contributed by atoms with E-state index in [1.54, 1.807) is 0 Å². The Morgan fingerprint density at radius 1 is 1.39 bits per heavy atom. The van der Waals surface area contributed by atoms with E-state index in [1.165, 1.54) is 18.2 Å². The molecule has 2 N–H and O–H groups in total. The average Bonchev–Trinajstić information content (AvgIpc) is 2.27. The molecule has 0 bridgehead atoms. The largest absolute Gasteiger partial charge is 0.469 e. The van der Waals surface area contributed by atoms with Crippen molar-refractivity contribution in [3.05, 3.63) is 35.4 Å². The Hall–Kier alpha value is -1.27. The molecule has 1 atom stereocenters. The topological polar surface area (TPSA) is 52.3 Å². The van der Waals surface area contributed by atoms with Gasteiger partial charge in [-0.3, -0.25) is 4.79 Å². The van der Waals surface area contributed by atoms with Crippen LogP contribution in [0.4, 0.5) is 13.2 Å². The van der Waals surface area contributed by atoms with Crippen molar-refractivity contribution in [2.45, 2.75) is 18.6 Å². The highest BCUT2D eigenvalue weighted by atomic mass is 35.5. The number of benzene rings is 1. The van der Waals surface area contributed by atoms with Gasteiger partial charge in [0.1, 0.15) is 0 Å². The maximum Gasteiger partial charge on any atom is 0.416 e. The quantitative estimate of drug-likeness (QED) is 0.868. The van der Waals surface area contributed by atoms with Gasteiger partial charge in [-0.25, -0.2) is 0 Å². The van der Waals surface area contributed by atoms with Gasteiger partial charge in [0, 0.05) is 6.04 Å². The zero-order chi connectivity index (χ0) is 13.1. The van der Waals surface area contributed by atoms with Crippen LogP contribution in [0.3, 0.4) is 0 Å². The van der Waals surface area contributed by atoms with Gasteiger partial charge in [-0.1, -0.05) is 18.2 Å². The van der Waals surface area contributed by atoms with Gasteiger partial charge in [0.25, 0.3) is 0 Å². The number of halogens is 4. The van der Waals surface area contributed by atoms with E-state index in [0.29, 0.717) is 0 Å². The van der Waals surface area contributed by atoms with Gasteiger partial charge in [-0.15, -0.1) is 12.4 Å². The molecule has 0 aliphatic rings. The molecule has 0 heterocycles. The second kappa shape index (κ2) is 6.61. The first-order chi connectivity index (χ1) is 7.86. The van der Waals surface area contributed by atoms with Crippen LogP contribution in [0.25, 0.3) is 0 Å². The minimum atomic E-state index is -4.48. The van der Waals surface area contributed by atoms with E-state index in [9.17, 15) is 18.0 Å². The molecule has 0 saturated carbocycles. The first-order valence-corrected chi connectivity index (χ1v) is 4.84. The normalized spacial score (nSPS) is 12.5. The molecular weight excluding hydrogens is 271 g/mol. The molecule has 0 spiro atoms. The lowest BCUT2D eigenvalue weighted by Crippen LogP contribution is -2.20. The summed E-state index contributed by atoms with van der Waals surface area (Å²) in [6.07, 6.45) is -4.77. The SMILES string of the molecule is COC(=O)CC(N)c1ccccc1C(F)(F)F.Cl. The maximum absolute atomic E-state index is 12.7. The second-order valence-corrected chi connectivity index (χ2v) is 3.47. The van der Waals surface area contributed by atoms with Crippen molar-refractivity contribution < 1.29 is 22.7 Å². The van der Waals surface area contributed by atoms with E-state index in [-0.39, 0.29) is 24.4 Å². The number of carbonyl (C=O) groups is 1. The monoisotopic (exact) mass is 283 g/mol. The molecule has 0 aromatic heterocycles. The van der Waals surface area contributed by atoms with E-state index in [1.807, 2.05) is 0 Å². The third-order valence-corrected chi connectivity index (χ3v) is 2.28. The Bertz CT molecular complexity index is 410.